The second kappa shape index (κ2) is 5.78. The molecule has 1 aromatic rings. The smallest absolute Gasteiger partial charge is 0.293 e. The van der Waals surface area contributed by atoms with Gasteiger partial charge in [-0.05, 0) is 19.1 Å². The topological polar surface area (TPSA) is 153 Å². The number of anilines is 1. The van der Waals surface area contributed by atoms with E-state index < -0.39 is 22.8 Å². The van der Waals surface area contributed by atoms with Crippen molar-refractivity contribution in [2.24, 2.45) is 11.6 Å². The molecule has 1 aromatic carbocycles. The van der Waals surface area contributed by atoms with Crippen molar-refractivity contribution >= 4 is 23.2 Å². The van der Waals surface area contributed by atoms with E-state index in [9.17, 15) is 19.7 Å². The van der Waals surface area contributed by atoms with Gasteiger partial charge < -0.3 is 16.5 Å². The highest BCUT2D eigenvalue weighted by Gasteiger charge is 2.18. The molecule has 0 bridgehead atoms. The molecule has 2 amide bonds. The van der Waals surface area contributed by atoms with Gasteiger partial charge in [0.15, 0.2) is 0 Å². The zero-order valence-electron chi connectivity index (χ0n) is 10.0. The Bertz CT molecular complexity index is 531. The van der Waals surface area contributed by atoms with Crippen LogP contribution in [0.4, 0.5) is 11.4 Å². The number of nitro benzene ring substituents is 1. The van der Waals surface area contributed by atoms with Crippen LogP contribution in [0.3, 0.4) is 0 Å². The van der Waals surface area contributed by atoms with E-state index in [0.29, 0.717) is 0 Å². The summed E-state index contributed by atoms with van der Waals surface area (Å²) in [6.07, 6.45) is 0. The lowest BCUT2D eigenvalue weighted by Gasteiger charge is -2.11. The summed E-state index contributed by atoms with van der Waals surface area (Å²) in [4.78, 5) is 32.6. The molecular weight excluding hydrogens is 254 g/mol. The van der Waals surface area contributed by atoms with Gasteiger partial charge in [-0.2, -0.15) is 0 Å². The Labute approximate surface area is 108 Å². The first-order chi connectivity index (χ1) is 8.86. The number of nitrogens with two attached hydrogens (primary N) is 2. The van der Waals surface area contributed by atoms with Crippen LogP contribution in [0.1, 0.15) is 17.3 Å². The number of hydrazine groups is 1. The third-order valence-corrected chi connectivity index (χ3v) is 2.39. The number of nitrogens with one attached hydrogen (secondary N) is 2. The minimum absolute atomic E-state index is 0.00984. The van der Waals surface area contributed by atoms with Crippen LogP contribution in [0.2, 0.25) is 0 Å². The molecule has 0 fully saturated rings. The molecule has 0 aliphatic carbocycles. The van der Waals surface area contributed by atoms with Gasteiger partial charge in [-0.3, -0.25) is 25.5 Å². The molecule has 9 heteroatoms. The van der Waals surface area contributed by atoms with E-state index in [1.54, 1.807) is 0 Å². The van der Waals surface area contributed by atoms with Crippen LogP contribution >= 0.6 is 0 Å². The molecule has 19 heavy (non-hydrogen) atoms. The Hall–Kier alpha value is -2.68. The normalized spacial score (nSPS) is 11.5. The summed E-state index contributed by atoms with van der Waals surface area (Å²) in [5, 5.41) is 13.0. The molecule has 9 nitrogen and oxygen atoms in total. The van der Waals surface area contributed by atoms with Gasteiger partial charge in [0.25, 0.3) is 11.6 Å². The summed E-state index contributed by atoms with van der Waals surface area (Å²) in [6.45, 7) is 1.42. The Morgan fingerprint density at radius 3 is 2.53 bits per heavy atom. The number of nitro groups is 1. The first kappa shape index (κ1) is 14.4. The minimum atomic E-state index is -0.850. The van der Waals surface area contributed by atoms with Crippen molar-refractivity contribution in [3.63, 3.8) is 0 Å². The zero-order valence-corrected chi connectivity index (χ0v) is 10.0. The fourth-order valence-corrected chi connectivity index (χ4v) is 1.30. The Morgan fingerprint density at radius 1 is 1.42 bits per heavy atom. The molecule has 0 aliphatic heterocycles. The average molecular weight is 267 g/mol. The molecule has 6 N–H and O–H groups in total. The maximum absolute atomic E-state index is 11.8. The molecule has 0 aliphatic rings. The van der Waals surface area contributed by atoms with Crippen molar-refractivity contribution in [2.45, 2.75) is 13.0 Å². The van der Waals surface area contributed by atoms with Crippen LogP contribution in [-0.2, 0) is 4.79 Å². The molecule has 0 saturated heterocycles. The zero-order chi connectivity index (χ0) is 14.6. The van der Waals surface area contributed by atoms with E-state index in [1.807, 2.05) is 0 Å². The number of carbonyl (C=O) groups is 2. The van der Waals surface area contributed by atoms with Gasteiger partial charge in [-0.25, -0.2) is 0 Å². The SMILES string of the molecule is CC(NC(=O)c1ccc([N+](=O)[O-])c(NN)c1)C(N)=O. The van der Waals surface area contributed by atoms with Gasteiger partial charge in [0.2, 0.25) is 5.91 Å². The highest BCUT2D eigenvalue weighted by molar-refractivity contribution is 5.98. The maximum Gasteiger partial charge on any atom is 0.293 e. The molecular formula is C10H13N5O4. The molecule has 102 valence electrons. The number of primary amides is 1. The molecule has 0 spiro atoms. The van der Waals surface area contributed by atoms with E-state index in [-0.39, 0.29) is 16.9 Å². The van der Waals surface area contributed by atoms with Crippen molar-refractivity contribution in [3.05, 3.63) is 33.9 Å². The third kappa shape index (κ3) is 3.39. The third-order valence-electron chi connectivity index (χ3n) is 2.39. The van der Waals surface area contributed by atoms with E-state index in [1.165, 1.54) is 19.1 Å². The van der Waals surface area contributed by atoms with Gasteiger partial charge >= 0.3 is 0 Å². The van der Waals surface area contributed by atoms with Gasteiger partial charge in [-0.1, -0.05) is 0 Å². The van der Waals surface area contributed by atoms with Gasteiger partial charge in [0.1, 0.15) is 11.7 Å². The Kier molecular flexibility index (Phi) is 4.37. The molecule has 0 heterocycles. The van der Waals surface area contributed by atoms with Gasteiger partial charge in [-0.15, -0.1) is 0 Å². The molecule has 0 radical (unpaired) electrons. The number of hydrogen-bond acceptors (Lipinski definition) is 6. The Balaban J connectivity index is 2.99. The average Bonchev–Trinajstić information content (AvgIpc) is 2.37. The number of nitrogens with zero attached hydrogens (tertiary/aromatic N) is 1. The fourth-order valence-electron chi connectivity index (χ4n) is 1.30. The van der Waals surface area contributed by atoms with Crippen LogP contribution in [0, 0.1) is 10.1 Å². The first-order valence-corrected chi connectivity index (χ1v) is 5.22. The second-order valence-corrected chi connectivity index (χ2v) is 3.73. The standard InChI is InChI=1S/C10H13N5O4/c1-5(9(11)16)13-10(17)6-2-3-8(15(18)19)7(4-6)14-12/h2-5,14H,12H2,1H3,(H2,11,16)(H,13,17). The Morgan fingerprint density at radius 2 is 2.05 bits per heavy atom. The summed E-state index contributed by atoms with van der Waals surface area (Å²) < 4.78 is 0. The van der Waals surface area contributed by atoms with Crippen LogP contribution in [0.5, 0.6) is 0 Å². The quantitative estimate of drug-likeness (QED) is 0.320. The number of hydrogen-bond donors (Lipinski definition) is 4. The van der Waals surface area contributed by atoms with Crippen LogP contribution in [-0.4, -0.2) is 22.8 Å². The highest BCUT2D eigenvalue weighted by atomic mass is 16.6. The van der Waals surface area contributed by atoms with E-state index in [4.69, 9.17) is 11.6 Å². The molecule has 1 rings (SSSR count). The lowest BCUT2D eigenvalue weighted by Crippen LogP contribution is -2.42. The predicted molar refractivity (Wildman–Crippen MR) is 67.0 cm³/mol. The van der Waals surface area contributed by atoms with Gasteiger partial charge in [0, 0.05) is 11.6 Å². The number of rotatable bonds is 5. The first-order valence-electron chi connectivity index (χ1n) is 5.22. The van der Waals surface area contributed by atoms with Crippen LogP contribution in [0.15, 0.2) is 18.2 Å². The van der Waals surface area contributed by atoms with Crippen molar-refractivity contribution in [3.8, 4) is 0 Å². The van der Waals surface area contributed by atoms with Crippen molar-refractivity contribution in [1.29, 1.82) is 0 Å². The van der Waals surface area contributed by atoms with Crippen molar-refractivity contribution in [2.75, 3.05) is 5.43 Å². The van der Waals surface area contributed by atoms with Crippen LogP contribution in [0.25, 0.3) is 0 Å². The van der Waals surface area contributed by atoms with E-state index >= 15 is 0 Å². The number of carbonyl (C=O) groups excluding carboxylic acids is 2. The van der Waals surface area contributed by atoms with Crippen molar-refractivity contribution < 1.29 is 14.5 Å². The van der Waals surface area contributed by atoms with Crippen LogP contribution < -0.4 is 22.3 Å². The molecule has 1 unspecified atom stereocenters. The minimum Gasteiger partial charge on any atom is -0.368 e. The number of amides is 2. The molecule has 1 atom stereocenters. The summed E-state index contributed by atoms with van der Waals surface area (Å²) in [5.41, 5.74) is 6.99. The molecule has 0 aromatic heterocycles. The van der Waals surface area contributed by atoms with Crippen molar-refractivity contribution in [1.82, 2.24) is 5.32 Å². The van der Waals surface area contributed by atoms with Gasteiger partial charge in [0.05, 0.1) is 4.92 Å². The fraction of sp³-hybridized carbons (Fsp3) is 0.200. The van der Waals surface area contributed by atoms with E-state index in [0.717, 1.165) is 6.07 Å². The second-order valence-electron chi connectivity index (χ2n) is 3.73. The highest BCUT2D eigenvalue weighted by Crippen LogP contribution is 2.24. The summed E-state index contributed by atoms with van der Waals surface area (Å²) >= 11 is 0. The lowest BCUT2D eigenvalue weighted by molar-refractivity contribution is -0.384. The summed E-state index contributed by atoms with van der Waals surface area (Å²) in [7, 11) is 0. The predicted octanol–water partition coefficient (Wildman–Crippen LogP) is -0.516. The number of benzene rings is 1. The number of nitrogen functional groups attached to an aromatic ring is 1. The molecule has 0 saturated carbocycles. The lowest BCUT2D eigenvalue weighted by atomic mass is 10.1. The summed E-state index contributed by atoms with van der Waals surface area (Å²) in [5.74, 6) is 3.87. The van der Waals surface area contributed by atoms with E-state index in [2.05, 4.69) is 10.7 Å². The summed E-state index contributed by atoms with van der Waals surface area (Å²) in [6, 6.07) is 2.75. The maximum atomic E-state index is 11.8. The monoisotopic (exact) mass is 267 g/mol. The largest absolute Gasteiger partial charge is 0.368 e.